The normalized spacial score (nSPS) is 13.4. The van der Waals surface area contributed by atoms with Crippen molar-refractivity contribution in [2.75, 3.05) is 42.1 Å². The summed E-state index contributed by atoms with van der Waals surface area (Å²) in [5, 5.41) is 11.4. The molecule has 4 aromatic rings. The molecule has 194 valence electrons. The largest absolute Gasteiger partial charge is 0.411 e. The number of aromatic nitrogens is 2. The number of piperazine rings is 1. The van der Waals surface area contributed by atoms with Gasteiger partial charge in [-0.15, -0.1) is 10.2 Å². The number of carbonyl (C=O) groups excluding carboxylic acids is 2. The van der Waals surface area contributed by atoms with Gasteiger partial charge in [0, 0.05) is 43.1 Å². The molecule has 11 heteroatoms. The van der Waals surface area contributed by atoms with Crippen molar-refractivity contribution in [1.29, 1.82) is 0 Å². The van der Waals surface area contributed by atoms with Gasteiger partial charge in [-0.3, -0.25) is 9.59 Å². The van der Waals surface area contributed by atoms with Gasteiger partial charge in [0.05, 0.1) is 16.3 Å². The van der Waals surface area contributed by atoms with Crippen molar-refractivity contribution < 1.29 is 18.4 Å². The number of carbonyl (C=O) groups is 2. The van der Waals surface area contributed by atoms with Crippen LogP contribution in [0.3, 0.4) is 0 Å². The van der Waals surface area contributed by atoms with Gasteiger partial charge in [-0.05, 0) is 54.6 Å². The molecule has 1 saturated heterocycles. The van der Waals surface area contributed by atoms with Gasteiger partial charge in [0.15, 0.2) is 0 Å². The monoisotopic (exact) mass is 551 g/mol. The van der Waals surface area contributed by atoms with E-state index in [-0.39, 0.29) is 28.7 Å². The van der Waals surface area contributed by atoms with Gasteiger partial charge in [-0.2, -0.15) is 0 Å². The molecule has 0 spiro atoms. The standard InChI is InChI=1S/C27H23ClFN5O3S/c28-23-7-2-1-6-22(23)26(36)34-14-12-33(13-15-34)21-10-8-20(9-11-21)30-24(35)17-38-27-32-31-25(37-27)18-4-3-5-19(29)16-18/h1-11,16H,12-15,17H2,(H,30,35). The predicted molar refractivity (Wildman–Crippen MR) is 145 cm³/mol. The molecule has 1 aromatic heterocycles. The van der Waals surface area contributed by atoms with Crippen LogP contribution in [0.5, 0.6) is 0 Å². The van der Waals surface area contributed by atoms with Crippen LogP contribution in [0.2, 0.25) is 5.02 Å². The minimum atomic E-state index is -0.397. The van der Waals surface area contributed by atoms with E-state index in [9.17, 15) is 14.0 Å². The highest BCUT2D eigenvalue weighted by Crippen LogP contribution is 2.25. The van der Waals surface area contributed by atoms with Crippen molar-refractivity contribution >= 4 is 46.6 Å². The van der Waals surface area contributed by atoms with Crippen LogP contribution >= 0.6 is 23.4 Å². The Kier molecular flexibility index (Phi) is 7.90. The zero-order valence-corrected chi connectivity index (χ0v) is 21.7. The van der Waals surface area contributed by atoms with Gasteiger partial charge in [-0.1, -0.05) is 41.6 Å². The minimum absolute atomic E-state index is 0.0584. The van der Waals surface area contributed by atoms with Crippen molar-refractivity contribution in [3.05, 3.63) is 89.2 Å². The Bertz CT molecular complexity index is 1440. The summed E-state index contributed by atoms with van der Waals surface area (Å²) in [4.78, 5) is 29.2. The third kappa shape index (κ3) is 6.15. The number of benzene rings is 3. The topological polar surface area (TPSA) is 91.6 Å². The van der Waals surface area contributed by atoms with Crippen molar-refractivity contribution in [2.45, 2.75) is 5.22 Å². The number of amides is 2. The zero-order valence-electron chi connectivity index (χ0n) is 20.1. The first-order chi connectivity index (χ1) is 18.5. The molecule has 38 heavy (non-hydrogen) atoms. The lowest BCUT2D eigenvalue weighted by molar-refractivity contribution is -0.113. The highest BCUT2D eigenvalue weighted by molar-refractivity contribution is 7.99. The second kappa shape index (κ2) is 11.7. The van der Waals surface area contributed by atoms with E-state index in [1.807, 2.05) is 41.3 Å². The summed E-state index contributed by atoms with van der Waals surface area (Å²) in [6.07, 6.45) is 0. The highest BCUT2D eigenvalue weighted by atomic mass is 35.5. The summed E-state index contributed by atoms with van der Waals surface area (Å²) in [6, 6.07) is 20.5. The Morgan fingerprint density at radius 2 is 1.74 bits per heavy atom. The molecule has 0 aliphatic carbocycles. The predicted octanol–water partition coefficient (Wildman–Crippen LogP) is 5.22. The second-order valence-corrected chi connectivity index (χ2v) is 9.86. The molecule has 5 rings (SSSR count). The van der Waals surface area contributed by atoms with E-state index in [0.29, 0.717) is 48.0 Å². The van der Waals surface area contributed by atoms with Gasteiger partial charge in [-0.25, -0.2) is 4.39 Å². The average Bonchev–Trinajstić information content (AvgIpc) is 3.42. The van der Waals surface area contributed by atoms with Crippen LogP contribution in [-0.2, 0) is 4.79 Å². The maximum Gasteiger partial charge on any atom is 0.277 e. The summed E-state index contributed by atoms with van der Waals surface area (Å²) in [5.41, 5.74) is 2.67. The third-order valence-corrected chi connectivity index (χ3v) is 7.14. The van der Waals surface area contributed by atoms with E-state index in [0.717, 1.165) is 17.4 Å². The van der Waals surface area contributed by atoms with Crippen LogP contribution < -0.4 is 10.2 Å². The van der Waals surface area contributed by atoms with Gasteiger partial charge < -0.3 is 19.5 Å². The SMILES string of the molecule is O=C(CSc1nnc(-c2cccc(F)c2)o1)Nc1ccc(N2CCN(C(=O)c3ccccc3Cl)CC2)cc1. The quantitative estimate of drug-likeness (QED) is 0.315. The Morgan fingerprint density at radius 1 is 0.974 bits per heavy atom. The Balaban J connectivity index is 1.09. The Labute approximate surface area is 227 Å². The first-order valence-electron chi connectivity index (χ1n) is 11.9. The molecule has 8 nitrogen and oxygen atoms in total. The molecule has 0 bridgehead atoms. The first-order valence-corrected chi connectivity index (χ1v) is 13.2. The number of nitrogens with one attached hydrogen (secondary N) is 1. The molecule has 2 amide bonds. The summed E-state index contributed by atoms with van der Waals surface area (Å²) >= 11 is 7.28. The average molecular weight is 552 g/mol. The number of anilines is 2. The Hall–Kier alpha value is -3.89. The van der Waals surface area contributed by atoms with E-state index in [2.05, 4.69) is 20.4 Å². The Morgan fingerprint density at radius 3 is 2.47 bits per heavy atom. The number of hydrogen-bond acceptors (Lipinski definition) is 7. The summed E-state index contributed by atoms with van der Waals surface area (Å²) in [6.45, 7) is 2.58. The zero-order chi connectivity index (χ0) is 26.5. The molecule has 1 aliphatic heterocycles. The molecule has 0 saturated carbocycles. The summed E-state index contributed by atoms with van der Waals surface area (Å²) < 4.78 is 18.9. The second-order valence-electron chi connectivity index (χ2n) is 8.53. The van der Waals surface area contributed by atoms with Crippen LogP contribution in [0.1, 0.15) is 10.4 Å². The molecule has 0 radical (unpaired) electrons. The van der Waals surface area contributed by atoms with Gasteiger partial charge in [0.1, 0.15) is 5.82 Å². The summed E-state index contributed by atoms with van der Waals surface area (Å²) in [5.74, 6) is -0.409. The van der Waals surface area contributed by atoms with E-state index < -0.39 is 5.82 Å². The molecular weight excluding hydrogens is 529 g/mol. The highest BCUT2D eigenvalue weighted by Gasteiger charge is 2.23. The fourth-order valence-electron chi connectivity index (χ4n) is 4.06. The lowest BCUT2D eigenvalue weighted by Gasteiger charge is -2.36. The van der Waals surface area contributed by atoms with Crippen molar-refractivity contribution in [2.24, 2.45) is 0 Å². The maximum absolute atomic E-state index is 13.4. The lowest BCUT2D eigenvalue weighted by Crippen LogP contribution is -2.48. The van der Waals surface area contributed by atoms with E-state index in [1.54, 1.807) is 24.3 Å². The van der Waals surface area contributed by atoms with Crippen LogP contribution in [0.4, 0.5) is 15.8 Å². The molecule has 2 heterocycles. The van der Waals surface area contributed by atoms with Crippen LogP contribution in [-0.4, -0.2) is 58.8 Å². The molecule has 1 fully saturated rings. The van der Waals surface area contributed by atoms with Crippen LogP contribution in [0, 0.1) is 5.82 Å². The molecule has 3 aromatic carbocycles. The fourth-order valence-corrected chi connectivity index (χ4v) is 4.84. The molecule has 0 atom stereocenters. The lowest BCUT2D eigenvalue weighted by atomic mass is 10.1. The number of rotatable bonds is 7. The molecule has 1 aliphatic rings. The smallest absolute Gasteiger partial charge is 0.277 e. The van der Waals surface area contributed by atoms with Crippen molar-refractivity contribution in [3.63, 3.8) is 0 Å². The third-order valence-electron chi connectivity index (χ3n) is 5.99. The first kappa shape index (κ1) is 25.7. The molecular formula is C27H23ClFN5O3S. The van der Waals surface area contributed by atoms with Crippen molar-refractivity contribution in [3.8, 4) is 11.5 Å². The molecule has 0 unspecified atom stereocenters. The summed E-state index contributed by atoms with van der Waals surface area (Å²) in [7, 11) is 0. The number of hydrogen-bond donors (Lipinski definition) is 1. The van der Waals surface area contributed by atoms with E-state index in [4.69, 9.17) is 16.0 Å². The van der Waals surface area contributed by atoms with Gasteiger partial charge in [0.25, 0.3) is 11.1 Å². The number of nitrogens with zero attached hydrogens (tertiary/aromatic N) is 4. The van der Waals surface area contributed by atoms with E-state index in [1.165, 1.54) is 12.1 Å². The van der Waals surface area contributed by atoms with Crippen molar-refractivity contribution in [1.82, 2.24) is 15.1 Å². The van der Waals surface area contributed by atoms with Gasteiger partial charge in [0.2, 0.25) is 11.8 Å². The van der Waals surface area contributed by atoms with Gasteiger partial charge >= 0.3 is 0 Å². The number of halogens is 2. The van der Waals surface area contributed by atoms with Crippen LogP contribution in [0.25, 0.3) is 11.5 Å². The van der Waals surface area contributed by atoms with Crippen LogP contribution in [0.15, 0.2) is 82.4 Å². The maximum atomic E-state index is 13.4. The fraction of sp³-hybridized carbons (Fsp3) is 0.185. The minimum Gasteiger partial charge on any atom is -0.411 e. The number of thioether (sulfide) groups is 1. The molecule has 1 N–H and O–H groups in total. The van der Waals surface area contributed by atoms with E-state index >= 15 is 0 Å².